The summed E-state index contributed by atoms with van der Waals surface area (Å²) in [4.78, 5) is 12.4. The highest BCUT2D eigenvalue weighted by Gasteiger charge is 2.13. The maximum atomic E-state index is 12.4. The number of ether oxygens (including phenoxy) is 4. The normalized spacial score (nSPS) is 10.4. The molecule has 0 fully saturated rings. The highest BCUT2D eigenvalue weighted by atomic mass is 16.5. The van der Waals surface area contributed by atoms with Gasteiger partial charge < -0.3 is 18.9 Å². The lowest BCUT2D eigenvalue weighted by atomic mass is 10.1. The van der Waals surface area contributed by atoms with E-state index in [4.69, 9.17) is 18.9 Å². The maximum Gasteiger partial charge on any atom is 0.200 e. The highest BCUT2D eigenvalue weighted by molar-refractivity contribution is 5.97. The van der Waals surface area contributed by atoms with Crippen molar-refractivity contribution in [2.75, 3.05) is 20.8 Å². The Bertz CT molecular complexity index is 694. The first-order chi connectivity index (χ1) is 11.5. The van der Waals surface area contributed by atoms with E-state index in [0.29, 0.717) is 28.6 Å². The first kappa shape index (κ1) is 17.7. The zero-order valence-corrected chi connectivity index (χ0v) is 14.4. The molecule has 0 amide bonds. The molecule has 2 rings (SSSR count). The summed E-state index contributed by atoms with van der Waals surface area (Å²) in [6, 6.07) is 12.3. The average molecular weight is 330 g/mol. The number of rotatable bonds is 8. The molecule has 0 bridgehead atoms. The van der Waals surface area contributed by atoms with Gasteiger partial charge in [0.1, 0.15) is 0 Å². The zero-order valence-electron chi connectivity index (χ0n) is 14.4. The van der Waals surface area contributed by atoms with Crippen LogP contribution in [0.15, 0.2) is 42.5 Å². The van der Waals surface area contributed by atoms with Crippen molar-refractivity contribution >= 4 is 5.78 Å². The van der Waals surface area contributed by atoms with E-state index < -0.39 is 0 Å². The van der Waals surface area contributed by atoms with Crippen LogP contribution in [0.25, 0.3) is 0 Å². The SMILES string of the molecule is COc1ccccc1OCC(=O)c1ccc(OC(C)C)c(OC)c1. The van der Waals surface area contributed by atoms with Crippen molar-refractivity contribution in [3.05, 3.63) is 48.0 Å². The summed E-state index contributed by atoms with van der Waals surface area (Å²) in [5.74, 6) is 2.08. The van der Waals surface area contributed by atoms with Crippen molar-refractivity contribution in [3.63, 3.8) is 0 Å². The van der Waals surface area contributed by atoms with Gasteiger partial charge in [-0.25, -0.2) is 0 Å². The molecule has 0 aromatic heterocycles. The van der Waals surface area contributed by atoms with Gasteiger partial charge in [-0.3, -0.25) is 4.79 Å². The predicted molar refractivity (Wildman–Crippen MR) is 91.6 cm³/mol. The van der Waals surface area contributed by atoms with Crippen molar-refractivity contribution in [2.24, 2.45) is 0 Å². The predicted octanol–water partition coefficient (Wildman–Crippen LogP) is 3.75. The van der Waals surface area contributed by atoms with Crippen LogP contribution in [0.3, 0.4) is 0 Å². The van der Waals surface area contributed by atoms with Crippen LogP contribution in [-0.4, -0.2) is 32.7 Å². The van der Waals surface area contributed by atoms with Gasteiger partial charge in [-0.2, -0.15) is 0 Å². The number of hydrogen-bond acceptors (Lipinski definition) is 5. The molecule has 0 radical (unpaired) electrons. The Balaban J connectivity index is 2.09. The molecule has 2 aromatic carbocycles. The van der Waals surface area contributed by atoms with Crippen LogP contribution in [0.2, 0.25) is 0 Å². The van der Waals surface area contributed by atoms with E-state index in [2.05, 4.69) is 0 Å². The smallest absolute Gasteiger partial charge is 0.200 e. The van der Waals surface area contributed by atoms with Gasteiger partial charge in [-0.1, -0.05) is 12.1 Å². The molecule has 0 unspecified atom stereocenters. The summed E-state index contributed by atoms with van der Waals surface area (Å²) < 4.78 is 21.7. The maximum absolute atomic E-state index is 12.4. The van der Waals surface area contributed by atoms with Crippen molar-refractivity contribution in [1.29, 1.82) is 0 Å². The molecular weight excluding hydrogens is 308 g/mol. The van der Waals surface area contributed by atoms with Gasteiger partial charge >= 0.3 is 0 Å². The number of carbonyl (C=O) groups is 1. The highest BCUT2D eigenvalue weighted by Crippen LogP contribution is 2.30. The van der Waals surface area contributed by atoms with Gasteiger partial charge in [0.25, 0.3) is 0 Å². The Hall–Kier alpha value is -2.69. The quantitative estimate of drug-likeness (QED) is 0.690. The molecule has 24 heavy (non-hydrogen) atoms. The number of ketones is 1. The van der Waals surface area contributed by atoms with Crippen molar-refractivity contribution in [3.8, 4) is 23.0 Å². The molecule has 0 atom stereocenters. The van der Waals surface area contributed by atoms with E-state index in [1.807, 2.05) is 26.0 Å². The number of Topliss-reactive ketones (excluding diaryl/α,β-unsaturated/α-hetero) is 1. The standard InChI is InChI=1S/C19H22O5/c1-13(2)24-18-10-9-14(11-19(18)22-4)15(20)12-23-17-8-6-5-7-16(17)21-3/h5-11,13H,12H2,1-4H3. The second kappa shape index (κ2) is 8.24. The monoisotopic (exact) mass is 330 g/mol. The second-order valence-corrected chi connectivity index (χ2v) is 5.39. The van der Waals surface area contributed by atoms with Crippen LogP contribution in [0.5, 0.6) is 23.0 Å². The Labute approximate surface area is 142 Å². The van der Waals surface area contributed by atoms with Gasteiger partial charge in [0.15, 0.2) is 35.4 Å². The minimum absolute atomic E-state index is 0.0225. The minimum Gasteiger partial charge on any atom is -0.493 e. The van der Waals surface area contributed by atoms with Crippen LogP contribution in [0, 0.1) is 0 Å². The Morgan fingerprint density at radius 3 is 2.21 bits per heavy atom. The summed E-state index contributed by atoms with van der Waals surface area (Å²) in [6.07, 6.45) is 0.0225. The molecule has 0 saturated carbocycles. The summed E-state index contributed by atoms with van der Waals surface area (Å²) >= 11 is 0. The molecule has 0 spiro atoms. The molecule has 5 heteroatoms. The summed E-state index contributed by atoms with van der Waals surface area (Å²) in [6.45, 7) is 3.77. The third kappa shape index (κ3) is 4.41. The Morgan fingerprint density at radius 1 is 0.917 bits per heavy atom. The lowest BCUT2D eigenvalue weighted by Crippen LogP contribution is -2.13. The third-order valence-corrected chi connectivity index (χ3v) is 3.28. The molecule has 0 heterocycles. The Morgan fingerprint density at radius 2 is 1.58 bits per heavy atom. The van der Waals surface area contributed by atoms with Crippen LogP contribution in [0.1, 0.15) is 24.2 Å². The lowest BCUT2D eigenvalue weighted by molar-refractivity contribution is 0.0919. The fraction of sp³-hybridized carbons (Fsp3) is 0.316. The van der Waals surface area contributed by atoms with Crippen molar-refractivity contribution < 1.29 is 23.7 Å². The van der Waals surface area contributed by atoms with Gasteiger partial charge in [0.2, 0.25) is 0 Å². The number of hydrogen-bond donors (Lipinski definition) is 0. The molecule has 0 N–H and O–H groups in total. The molecule has 0 aliphatic heterocycles. The summed E-state index contributed by atoms with van der Waals surface area (Å²) in [5, 5.41) is 0. The van der Waals surface area contributed by atoms with Crippen LogP contribution >= 0.6 is 0 Å². The van der Waals surface area contributed by atoms with E-state index in [1.165, 1.54) is 0 Å². The fourth-order valence-corrected chi connectivity index (χ4v) is 2.16. The van der Waals surface area contributed by atoms with Crippen LogP contribution in [0.4, 0.5) is 0 Å². The van der Waals surface area contributed by atoms with Gasteiger partial charge in [0.05, 0.1) is 20.3 Å². The molecule has 5 nitrogen and oxygen atoms in total. The fourth-order valence-electron chi connectivity index (χ4n) is 2.16. The lowest BCUT2D eigenvalue weighted by Gasteiger charge is -2.14. The second-order valence-electron chi connectivity index (χ2n) is 5.39. The molecule has 0 aliphatic carbocycles. The first-order valence-corrected chi connectivity index (χ1v) is 7.69. The molecular formula is C19H22O5. The van der Waals surface area contributed by atoms with E-state index in [1.54, 1.807) is 44.6 Å². The zero-order chi connectivity index (χ0) is 17.5. The van der Waals surface area contributed by atoms with E-state index >= 15 is 0 Å². The van der Waals surface area contributed by atoms with Crippen LogP contribution < -0.4 is 18.9 Å². The first-order valence-electron chi connectivity index (χ1n) is 7.69. The number of benzene rings is 2. The van der Waals surface area contributed by atoms with Crippen molar-refractivity contribution in [1.82, 2.24) is 0 Å². The minimum atomic E-state index is -0.157. The Kier molecular flexibility index (Phi) is 6.07. The summed E-state index contributed by atoms with van der Waals surface area (Å²) in [7, 11) is 3.10. The van der Waals surface area contributed by atoms with Gasteiger partial charge in [0, 0.05) is 5.56 Å². The molecule has 0 saturated heterocycles. The average Bonchev–Trinajstić information content (AvgIpc) is 2.59. The van der Waals surface area contributed by atoms with Crippen LogP contribution in [-0.2, 0) is 0 Å². The molecule has 128 valence electrons. The summed E-state index contributed by atoms with van der Waals surface area (Å²) in [5.41, 5.74) is 0.498. The van der Waals surface area contributed by atoms with E-state index in [9.17, 15) is 4.79 Å². The topological polar surface area (TPSA) is 54.0 Å². The molecule has 0 aliphatic rings. The van der Waals surface area contributed by atoms with Crippen molar-refractivity contribution in [2.45, 2.75) is 20.0 Å². The number of carbonyl (C=O) groups excluding carboxylic acids is 1. The van der Waals surface area contributed by atoms with E-state index in [0.717, 1.165) is 0 Å². The van der Waals surface area contributed by atoms with Gasteiger partial charge in [-0.15, -0.1) is 0 Å². The number of methoxy groups -OCH3 is 2. The largest absolute Gasteiger partial charge is 0.493 e. The third-order valence-electron chi connectivity index (χ3n) is 3.28. The van der Waals surface area contributed by atoms with E-state index in [-0.39, 0.29) is 18.5 Å². The van der Waals surface area contributed by atoms with Gasteiger partial charge in [-0.05, 0) is 44.2 Å². The number of para-hydroxylation sites is 2. The molecule has 2 aromatic rings.